The molecular formula is C23H29N3O. The Morgan fingerprint density at radius 3 is 2.44 bits per heavy atom. The fraction of sp³-hybridized carbons (Fsp3) is 0.435. The van der Waals surface area contributed by atoms with Gasteiger partial charge in [-0.2, -0.15) is 0 Å². The highest BCUT2D eigenvalue weighted by molar-refractivity contribution is 5.68. The lowest BCUT2D eigenvalue weighted by Gasteiger charge is -2.40. The van der Waals surface area contributed by atoms with Crippen LogP contribution in [0.15, 0.2) is 48.5 Å². The van der Waals surface area contributed by atoms with E-state index in [1.807, 2.05) is 6.07 Å². The number of rotatable bonds is 5. The molecule has 142 valence electrons. The van der Waals surface area contributed by atoms with Crippen molar-refractivity contribution in [2.24, 2.45) is 0 Å². The van der Waals surface area contributed by atoms with E-state index in [2.05, 4.69) is 64.1 Å². The van der Waals surface area contributed by atoms with Crippen LogP contribution in [0.1, 0.15) is 29.7 Å². The predicted octanol–water partition coefficient (Wildman–Crippen LogP) is 3.13. The van der Waals surface area contributed by atoms with Gasteiger partial charge in [-0.25, -0.2) is 0 Å². The molecule has 1 atom stereocenters. The Hall–Kier alpha value is -2.17. The summed E-state index contributed by atoms with van der Waals surface area (Å²) in [6, 6.07) is 16.8. The second-order valence-corrected chi connectivity index (χ2v) is 7.55. The van der Waals surface area contributed by atoms with Crippen LogP contribution in [-0.2, 0) is 17.8 Å². The molecule has 0 amide bonds. The van der Waals surface area contributed by atoms with Crippen molar-refractivity contribution < 1.29 is 4.79 Å². The van der Waals surface area contributed by atoms with Crippen molar-refractivity contribution in [3.8, 4) is 0 Å². The largest absolute Gasteiger partial charge is 0.369 e. The van der Waals surface area contributed by atoms with Crippen molar-refractivity contribution in [2.45, 2.75) is 25.9 Å². The number of benzene rings is 2. The summed E-state index contributed by atoms with van der Waals surface area (Å²) in [6.07, 6.45) is 2.14. The molecule has 27 heavy (non-hydrogen) atoms. The Balaban J connectivity index is 1.57. The molecule has 0 radical (unpaired) electrons. The average Bonchev–Trinajstić information content (AvgIpc) is 2.74. The molecule has 2 aliphatic heterocycles. The van der Waals surface area contributed by atoms with E-state index in [1.54, 1.807) is 0 Å². The maximum Gasteiger partial charge on any atom is 0.141 e. The van der Waals surface area contributed by atoms with E-state index in [0.717, 1.165) is 58.5 Å². The minimum Gasteiger partial charge on any atom is -0.369 e. The number of carbonyl (C=O) groups is 1. The first-order chi connectivity index (χ1) is 13.3. The Kier molecular flexibility index (Phi) is 5.55. The molecule has 4 nitrogen and oxygen atoms in total. The first-order valence-electron chi connectivity index (χ1n) is 10.1. The van der Waals surface area contributed by atoms with Crippen molar-refractivity contribution >= 4 is 12.0 Å². The van der Waals surface area contributed by atoms with E-state index in [-0.39, 0.29) is 6.04 Å². The number of anilines is 1. The number of piperazine rings is 1. The van der Waals surface area contributed by atoms with Crippen LogP contribution in [0.3, 0.4) is 0 Å². The van der Waals surface area contributed by atoms with Gasteiger partial charge in [0.15, 0.2) is 0 Å². The van der Waals surface area contributed by atoms with Crippen LogP contribution in [-0.4, -0.2) is 55.4 Å². The Morgan fingerprint density at radius 1 is 0.963 bits per heavy atom. The fourth-order valence-corrected chi connectivity index (χ4v) is 4.49. The first kappa shape index (κ1) is 18.2. The van der Waals surface area contributed by atoms with Crippen LogP contribution in [0.2, 0.25) is 0 Å². The zero-order valence-corrected chi connectivity index (χ0v) is 16.2. The van der Waals surface area contributed by atoms with Gasteiger partial charge >= 0.3 is 0 Å². The van der Waals surface area contributed by atoms with E-state index in [0.29, 0.717) is 0 Å². The number of hydrogen-bond donors (Lipinski definition) is 0. The number of hydrogen-bond acceptors (Lipinski definition) is 4. The summed E-state index contributed by atoms with van der Waals surface area (Å²) in [5.41, 5.74) is 5.18. The molecule has 0 spiro atoms. The van der Waals surface area contributed by atoms with Crippen LogP contribution in [0.4, 0.5) is 5.69 Å². The highest BCUT2D eigenvalue weighted by atomic mass is 16.1. The molecule has 2 heterocycles. The number of carbonyl (C=O) groups excluding carboxylic acids is 1. The third-order valence-electron chi connectivity index (χ3n) is 6.07. The molecule has 0 saturated carbocycles. The Morgan fingerprint density at radius 2 is 1.74 bits per heavy atom. The predicted molar refractivity (Wildman–Crippen MR) is 110 cm³/mol. The molecule has 1 fully saturated rings. The van der Waals surface area contributed by atoms with E-state index < -0.39 is 0 Å². The second kappa shape index (κ2) is 8.24. The number of fused-ring (bicyclic) bond motifs is 1. The van der Waals surface area contributed by atoms with Gasteiger partial charge in [-0.15, -0.1) is 0 Å². The summed E-state index contributed by atoms with van der Waals surface area (Å²) in [5.74, 6) is 0. The minimum atomic E-state index is -0.147. The molecule has 2 aromatic rings. The molecule has 0 aliphatic carbocycles. The molecule has 1 saturated heterocycles. The van der Waals surface area contributed by atoms with Crippen molar-refractivity contribution in [3.63, 3.8) is 0 Å². The van der Waals surface area contributed by atoms with Crippen molar-refractivity contribution in [2.75, 3.05) is 44.2 Å². The Labute approximate surface area is 162 Å². The third-order valence-corrected chi connectivity index (χ3v) is 6.07. The van der Waals surface area contributed by atoms with Crippen LogP contribution < -0.4 is 4.90 Å². The number of aldehydes is 1. The number of nitrogens with zero attached hydrogens (tertiary/aromatic N) is 3. The molecule has 4 rings (SSSR count). The highest BCUT2D eigenvalue weighted by Crippen LogP contribution is 2.35. The van der Waals surface area contributed by atoms with Crippen LogP contribution in [0, 0.1) is 0 Å². The zero-order valence-electron chi connectivity index (χ0n) is 16.2. The third kappa shape index (κ3) is 3.78. The van der Waals surface area contributed by atoms with Gasteiger partial charge in [0.1, 0.15) is 6.29 Å². The molecule has 2 aromatic carbocycles. The summed E-state index contributed by atoms with van der Waals surface area (Å²) in [7, 11) is 0. The molecule has 4 heteroatoms. The van der Waals surface area contributed by atoms with Gasteiger partial charge in [-0.1, -0.05) is 49.4 Å². The summed E-state index contributed by atoms with van der Waals surface area (Å²) in [4.78, 5) is 19.4. The average molecular weight is 364 g/mol. The quantitative estimate of drug-likeness (QED) is 0.763. The van der Waals surface area contributed by atoms with Gasteiger partial charge in [0.05, 0.1) is 6.04 Å². The fourth-order valence-electron chi connectivity index (χ4n) is 4.49. The second-order valence-electron chi connectivity index (χ2n) is 7.55. The van der Waals surface area contributed by atoms with Crippen molar-refractivity contribution in [1.82, 2.24) is 9.80 Å². The summed E-state index contributed by atoms with van der Waals surface area (Å²) < 4.78 is 0. The van der Waals surface area contributed by atoms with Gasteiger partial charge in [-0.3, -0.25) is 4.90 Å². The van der Waals surface area contributed by atoms with Gasteiger partial charge in [0.2, 0.25) is 0 Å². The molecule has 1 unspecified atom stereocenters. The van der Waals surface area contributed by atoms with Gasteiger partial charge in [-0.05, 0) is 35.7 Å². The summed E-state index contributed by atoms with van der Waals surface area (Å²) in [5, 5.41) is 0. The first-order valence-corrected chi connectivity index (χ1v) is 10.1. The standard InChI is InChI=1S/C23H29N3O/c1-2-24-13-15-25(16-14-24)22-10-6-9-20-21(22)11-12-26(23(20)18-27)17-19-7-4-3-5-8-19/h3-10,18,23H,2,11-17H2,1H3. The molecular weight excluding hydrogens is 334 g/mol. The van der Waals surface area contributed by atoms with E-state index in [9.17, 15) is 4.79 Å². The van der Waals surface area contributed by atoms with E-state index >= 15 is 0 Å². The lowest BCUT2D eigenvalue weighted by atomic mass is 9.90. The van der Waals surface area contributed by atoms with E-state index in [4.69, 9.17) is 0 Å². The smallest absolute Gasteiger partial charge is 0.141 e. The number of likely N-dealkylation sites (N-methyl/N-ethyl adjacent to an activating group) is 1. The topological polar surface area (TPSA) is 26.8 Å². The van der Waals surface area contributed by atoms with Crippen LogP contribution >= 0.6 is 0 Å². The van der Waals surface area contributed by atoms with Gasteiger partial charge in [0.25, 0.3) is 0 Å². The SMILES string of the molecule is CCN1CCN(c2cccc3c2CCN(Cc2ccccc2)C3C=O)CC1. The van der Waals surface area contributed by atoms with Crippen molar-refractivity contribution in [3.05, 3.63) is 65.2 Å². The lowest BCUT2D eigenvalue weighted by molar-refractivity contribution is -0.113. The maximum atomic E-state index is 12.0. The highest BCUT2D eigenvalue weighted by Gasteiger charge is 2.30. The summed E-state index contributed by atoms with van der Waals surface area (Å²) >= 11 is 0. The molecule has 0 N–H and O–H groups in total. The zero-order chi connectivity index (χ0) is 18.6. The molecule has 2 aliphatic rings. The normalized spacial score (nSPS) is 21.1. The van der Waals surface area contributed by atoms with Crippen LogP contribution in [0.25, 0.3) is 0 Å². The Bertz CT molecular complexity index is 768. The van der Waals surface area contributed by atoms with Gasteiger partial charge in [0, 0.05) is 45.0 Å². The van der Waals surface area contributed by atoms with Crippen molar-refractivity contribution in [1.29, 1.82) is 0 Å². The summed E-state index contributed by atoms with van der Waals surface area (Å²) in [6.45, 7) is 9.50. The molecule has 0 aromatic heterocycles. The monoisotopic (exact) mass is 363 g/mol. The minimum absolute atomic E-state index is 0.147. The van der Waals surface area contributed by atoms with Gasteiger partial charge < -0.3 is 14.6 Å². The van der Waals surface area contributed by atoms with E-state index in [1.165, 1.54) is 22.4 Å². The molecule has 0 bridgehead atoms. The van der Waals surface area contributed by atoms with Crippen LogP contribution in [0.5, 0.6) is 0 Å². The lowest BCUT2D eigenvalue weighted by Crippen LogP contribution is -2.47. The maximum absolute atomic E-state index is 12.0.